The zero-order chi connectivity index (χ0) is 21.1. The summed E-state index contributed by atoms with van der Waals surface area (Å²) in [6, 6.07) is 33.1. The molecule has 1 aliphatic heterocycles. The molecule has 1 aliphatic carbocycles. The molecule has 2 aliphatic rings. The molecule has 0 bridgehead atoms. The first kappa shape index (κ1) is 17.7. The summed E-state index contributed by atoms with van der Waals surface area (Å²) in [4.78, 5) is 8.54. The van der Waals surface area contributed by atoms with Gasteiger partial charge in [0.25, 0.3) is 0 Å². The summed E-state index contributed by atoms with van der Waals surface area (Å²) in [5.74, 6) is 0. The average molecular weight is 411 g/mol. The molecule has 152 valence electrons. The van der Waals surface area contributed by atoms with E-state index in [4.69, 9.17) is 4.99 Å². The monoisotopic (exact) mass is 410 g/mol. The lowest BCUT2D eigenvalue weighted by atomic mass is 9.66. The van der Waals surface area contributed by atoms with Gasteiger partial charge in [-0.25, -0.2) is 0 Å². The van der Waals surface area contributed by atoms with Crippen LogP contribution in [0.3, 0.4) is 0 Å². The van der Waals surface area contributed by atoms with Gasteiger partial charge in [-0.05, 0) is 40.3 Å². The smallest absolute Gasteiger partial charge is 0.0745 e. The van der Waals surface area contributed by atoms with Gasteiger partial charge in [0.1, 0.15) is 0 Å². The molecule has 2 heteroatoms. The normalized spacial score (nSPS) is 19.2. The number of nitrogens with zero attached hydrogens (tertiary/aromatic N) is 1. The fraction of sp³-hybridized carbons (Fsp3) is 0.100. The van der Waals surface area contributed by atoms with Crippen LogP contribution < -0.4 is 0 Å². The van der Waals surface area contributed by atoms with Gasteiger partial charge in [-0.3, -0.25) is 4.99 Å². The Labute approximate surface area is 187 Å². The molecule has 0 radical (unpaired) electrons. The first-order chi connectivity index (χ1) is 15.9. The number of benzene rings is 4. The number of para-hydroxylation sites is 1. The third kappa shape index (κ3) is 2.17. The summed E-state index contributed by atoms with van der Waals surface area (Å²) in [5.41, 5.74) is 9.88. The van der Waals surface area contributed by atoms with Crippen molar-refractivity contribution < 1.29 is 0 Å². The van der Waals surface area contributed by atoms with Crippen LogP contribution in [0.5, 0.6) is 0 Å². The molecule has 2 nitrogen and oxygen atoms in total. The Morgan fingerprint density at radius 1 is 0.719 bits per heavy atom. The highest BCUT2D eigenvalue weighted by Crippen LogP contribution is 2.58. The molecule has 1 atom stereocenters. The molecule has 0 amide bonds. The van der Waals surface area contributed by atoms with E-state index in [1.165, 1.54) is 55.2 Å². The lowest BCUT2D eigenvalue weighted by Gasteiger charge is -2.35. The van der Waals surface area contributed by atoms with Gasteiger partial charge >= 0.3 is 0 Å². The van der Waals surface area contributed by atoms with Crippen LogP contribution in [0.15, 0.2) is 108 Å². The molecule has 7 rings (SSSR count). The molecule has 2 heterocycles. The third-order valence-electron chi connectivity index (χ3n) is 7.17. The molecular formula is C30H22N2. The molecule has 1 aromatic heterocycles. The van der Waals surface area contributed by atoms with Gasteiger partial charge in [-0.1, -0.05) is 91.0 Å². The van der Waals surface area contributed by atoms with Crippen molar-refractivity contribution in [2.45, 2.75) is 11.8 Å². The van der Waals surface area contributed by atoms with Gasteiger partial charge in [0.2, 0.25) is 0 Å². The highest BCUT2D eigenvalue weighted by atomic mass is 14.7. The highest BCUT2D eigenvalue weighted by Gasteiger charge is 2.48. The van der Waals surface area contributed by atoms with E-state index in [0.717, 1.165) is 13.0 Å². The number of aromatic nitrogens is 1. The zero-order valence-corrected chi connectivity index (χ0v) is 17.7. The van der Waals surface area contributed by atoms with E-state index in [-0.39, 0.29) is 0 Å². The second-order valence-electron chi connectivity index (χ2n) is 8.73. The maximum atomic E-state index is 4.74. The van der Waals surface area contributed by atoms with E-state index in [2.05, 4.69) is 108 Å². The molecule has 5 aromatic rings. The lowest BCUT2D eigenvalue weighted by Crippen LogP contribution is -2.31. The van der Waals surface area contributed by atoms with E-state index >= 15 is 0 Å². The van der Waals surface area contributed by atoms with E-state index in [1.807, 2.05) is 0 Å². The fourth-order valence-electron chi connectivity index (χ4n) is 5.93. The predicted octanol–water partition coefficient (Wildman–Crippen LogP) is 7.04. The number of H-pyrrole nitrogens is 1. The van der Waals surface area contributed by atoms with E-state index < -0.39 is 5.41 Å². The fourth-order valence-corrected chi connectivity index (χ4v) is 5.93. The molecular weight excluding hydrogens is 388 g/mol. The predicted molar refractivity (Wildman–Crippen MR) is 134 cm³/mol. The van der Waals surface area contributed by atoms with E-state index in [9.17, 15) is 0 Å². The molecule has 1 N–H and O–H groups in total. The van der Waals surface area contributed by atoms with Crippen LogP contribution in [-0.2, 0) is 5.41 Å². The average Bonchev–Trinajstić information content (AvgIpc) is 3.39. The summed E-state index contributed by atoms with van der Waals surface area (Å²) >= 11 is 0. The SMILES string of the molecule is C1=NCCC=C1C1(c2ccccc2)c2ccccc2-c2ccc3c([nH]c4ccccc43)c21. The molecule has 4 aromatic carbocycles. The number of dihydropyridines is 1. The van der Waals surface area contributed by atoms with Crippen molar-refractivity contribution in [2.24, 2.45) is 4.99 Å². The molecule has 0 fully saturated rings. The van der Waals surface area contributed by atoms with Crippen LogP contribution in [0.1, 0.15) is 23.1 Å². The third-order valence-corrected chi connectivity index (χ3v) is 7.17. The van der Waals surface area contributed by atoms with Crippen LogP contribution >= 0.6 is 0 Å². The van der Waals surface area contributed by atoms with E-state index in [0.29, 0.717) is 0 Å². The van der Waals surface area contributed by atoms with Gasteiger partial charge < -0.3 is 4.98 Å². The number of rotatable bonds is 2. The van der Waals surface area contributed by atoms with Gasteiger partial charge in [0.15, 0.2) is 0 Å². The molecule has 0 spiro atoms. The number of allylic oxidation sites excluding steroid dienone is 1. The Morgan fingerprint density at radius 3 is 2.41 bits per heavy atom. The van der Waals surface area contributed by atoms with Crippen LogP contribution in [0, 0.1) is 0 Å². The summed E-state index contributed by atoms with van der Waals surface area (Å²) in [6.07, 6.45) is 5.48. The van der Waals surface area contributed by atoms with Crippen molar-refractivity contribution in [2.75, 3.05) is 6.54 Å². The Bertz CT molecular complexity index is 1570. The number of aromatic amines is 1. The second-order valence-corrected chi connectivity index (χ2v) is 8.73. The summed E-state index contributed by atoms with van der Waals surface area (Å²) in [5, 5.41) is 2.55. The minimum Gasteiger partial charge on any atom is -0.354 e. The van der Waals surface area contributed by atoms with Crippen LogP contribution in [-0.4, -0.2) is 17.7 Å². The Morgan fingerprint density at radius 2 is 1.53 bits per heavy atom. The molecule has 0 saturated carbocycles. The zero-order valence-electron chi connectivity index (χ0n) is 17.7. The first-order valence-corrected chi connectivity index (χ1v) is 11.3. The molecule has 32 heavy (non-hydrogen) atoms. The van der Waals surface area contributed by atoms with Crippen molar-refractivity contribution in [1.82, 2.24) is 4.98 Å². The molecule has 0 saturated heterocycles. The maximum absolute atomic E-state index is 4.74. The summed E-state index contributed by atoms with van der Waals surface area (Å²) in [7, 11) is 0. The number of fused-ring (bicyclic) bond motifs is 7. The van der Waals surface area contributed by atoms with Crippen molar-refractivity contribution in [3.8, 4) is 11.1 Å². The number of hydrogen-bond acceptors (Lipinski definition) is 1. The van der Waals surface area contributed by atoms with Gasteiger partial charge in [0.05, 0.1) is 10.9 Å². The van der Waals surface area contributed by atoms with Crippen molar-refractivity contribution in [3.05, 3.63) is 119 Å². The first-order valence-electron chi connectivity index (χ1n) is 11.3. The molecule has 1 unspecified atom stereocenters. The second kappa shape index (κ2) is 6.54. The van der Waals surface area contributed by atoms with Crippen molar-refractivity contribution in [1.29, 1.82) is 0 Å². The van der Waals surface area contributed by atoms with Gasteiger partial charge in [-0.2, -0.15) is 0 Å². The quantitative estimate of drug-likeness (QED) is 0.323. The Hall–Kier alpha value is -3.91. The number of hydrogen-bond donors (Lipinski definition) is 1. The lowest BCUT2D eigenvalue weighted by molar-refractivity contribution is 0.770. The highest BCUT2D eigenvalue weighted by molar-refractivity contribution is 6.12. The van der Waals surface area contributed by atoms with Crippen LogP contribution in [0.25, 0.3) is 32.9 Å². The van der Waals surface area contributed by atoms with Crippen LogP contribution in [0.4, 0.5) is 0 Å². The largest absolute Gasteiger partial charge is 0.354 e. The Kier molecular flexibility index (Phi) is 3.63. The van der Waals surface area contributed by atoms with Gasteiger partial charge in [0, 0.05) is 34.6 Å². The summed E-state index contributed by atoms with van der Waals surface area (Å²) < 4.78 is 0. The maximum Gasteiger partial charge on any atom is 0.0745 e. The minimum absolute atomic E-state index is 0.391. The number of nitrogens with one attached hydrogen (secondary N) is 1. The standard InChI is InChI=1S/C30H22N2/c1-2-9-20(10-3-1)30(21-11-8-18-31-19-21)26-14-6-4-12-22(26)24-16-17-25-23-13-5-7-15-27(23)32-29(25)28(24)30/h1-7,9-17,19,32H,8,18H2. The Balaban J connectivity index is 1.72. The van der Waals surface area contributed by atoms with Gasteiger partial charge in [-0.15, -0.1) is 0 Å². The minimum atomic E-state index is -0.391. The van der Waals surface area contributed by atoms with Crippen LogP contribution in [0.2, 0.25) is 0 Å². The van der Waals surface area contributed by atoms with Crippen molar-refractivity contribution in [3.63, 3.8) is 0 Å². The summed E-state index contributed by atoms with van der Waals surface area (Å²) in [6.45, 7) is 0.861. The topological polar surface area (TPSA) is 28.1 Å². The van der Waals surface area contributed by atoms with E-state index in [1.54, 1.807) is 0 Å². The van der Waals surface area contributed by atoms with Crippen molar-refractivity contribution >= 4 is 28.0 Å². The number of aliphatic imine (C=N–C) groups is 1.